The summed E-state index contributed by atoms with van der Waals surface area (Å²) in [5, 5.41) is 14.8. The van der Waals surface area contributed by atoms with Crippen LogP contribution in [0, 0.1) is 17.0 Å². The van der Waals surface area contributed by atoms with Gasteiger partial charge >= 0.3 is 0 Å². The largest absolute Gasteiger partial charge is 0.346 e. The zero-order valence-corrected chi connectivity index (χ0v) is 20.7. The summed E-state index contributed by atoms with van der Waals surface area (Å²) in [4.78, 5) is 23.3. The van der Waals surface area contributed by atoms with E-state index >= 15 is 0 Å². The van der Waals surface area contributed by atoms with Crippen LogP contribution in [0.25, 0.3) is 22.0 Å². The van der Waals surface area contributed by atoms with Crippen LogP contribution in [-0.4, -0.2) is 15.4 Å². The Morgan fingerprint density at radius 2 is 1.54 bits per heavy atom. The predicted octanol–water partition coefficient (Wildman–Crippen LogP) is 7.06. The van der Waals surface area contributed by atoms with E-state index < -0.39 is 4.92 Å². The molecule has 5 rings (SSSR count). The summed E-state index contributed by atoms with van der Waals surface area (Å²) >= 11 is 0. The van der Waals surface area contributed by atoms with Gasteiger partial charge in [0, 0.05) is 41.3 Å². The van der Waals surface area contributed by atoms with Crippen LogP contribution >= 0.6 is 0 Å². The highest BCUT2D eigenvalue weighted by Gasteiger charge is 2.14. The molecule has 0 aliphatic carbocycles. The molecule has 1 N–H and O–H groups in total. The van der Waals surface area contributed by atoms with E-state index in [1.807, 2.05) is 37.4 Å². The fraction of sp³-hybridized carbons (Fsp3) is 0.129. The van der Waals surface area contributed by atoms with Crippen LogP contribution in [0.4, 0.5) is 5.69 Å². The molecule has 0 spiro atoms. The number of aryl methyl sites for hydroxylation is 1. The maximum absolute atomic E-state index is 12.9. The van der Waals surface area contributed by atoms with Crippen molar-refractivity contribution in [2.24, 2.45) is 0 Å². The molecule has 0 radical (unpaired) electrons. The summed E-state index contributed by atoms with van der Waals surface area (Å²) in [7, 11) is 0. The smallest absolute Gasteiger partial charge is 0.269 e. The molecule has 184 valence electrons. The van der Waals surface area contributed by atoms with Gasteiger partial charge in [0.2, 0.25) is 0 Å². The Bertz CT molecular complexity index is 1570. The molecule has 0 saturated carbocycles. The highest BCUT2D eigenvalue weighted by Crippen LogP contribution is 2.23. The number of nitro benzene ring substituents is 1. The Morgan fingerprint density at radius 3 is 2.19 bits per heavy atom. The van der Waals surface area contributed by atoms with E-state index in [-0.39, 0.29) is 17.6 Å². The monoisotopic (exact) mass is 489 g/mol. The lowest BCUT2D eigenvalue weighted by molar-refractivity contribution is -0.384. The molecule has 1 amide bonds. The van der Waals surface area contributed by atoms with E-state index in [0.717, 1.165) is 23.0 Å². The quantitative estimate of drug-likeness (QED) is 0.196. The number of hydrogen-bond donors (Lipinski definition) is 1. The molecule has 0 aliphatic rings. The van der Waals surface area contributed by atoms with E-state index in [1.165, 1.54) is 34.4 Å². The summed E-state index contributed by atoms with van der Waals surface area (Å²) in [6.45, 7) is 4.69. The van der Waals surface area contributed by atoms with E-state index in [0.29, 0.717) is 5.56 Å². The van der Waals surface area contributed by atoms with Crippen molar-refractivity contribution < 1.29 is 9.72 Å². The van der Waals surface area contributed by atoms with Gasteiger partial charge in [-0.3, -0.25) is 14.9 Å². The lowest BCUT2D eigenvalue weighted by Crippen LogP contribution is -2.26. The van der Waals surface area contributed by atoms with Gasteiger partial charge in [-0.15, -0.1) is 0 Å². The topological polar surface area (TPSA) is 77.2 Å². The Morgan fingerprint density at radius 1 is 0.892 bits per heavy atom. The molecule has 1 atom stereocenters. The van der Waals surface area contributed by atoms with E-state index in [4.69, 9.17) is 0 Å². The normalized spacial score (nSPS) is 11.8. The van der Waals surface area contributed by atoms with E-state index in [9.17, 15) is 14.9 Å². The van der Waals surface area contributed by atoms with Crippen molar-refractivity contribution in [3.63, 3.8) is 0 Å². The third kappa shape index (κ3) is 5.28. The molecule has 1 aromatic heterocycles. The van der Waals surface area contributed by atoms with Crippen LogP contribution in [0.5, 0.6) is 0 Å². The van der Waals surface area contributed by atoms with Gasteiger partial charge in [0.1, 0.15) is 0 Å². The number of nitro groups is 1. The van der Waals surface area contributed by atoms with Crippen LogP contribution < -0.4 is 5.32 Å². The van der Waals surface area contributed by atoms with Crippen molar-refractivity contribution in [1.29, 1.82) is 0 Å². The first kappa shape index (κ1) is 24.0. The number of carbonyl (C=O) groups is 1. The highest BCUT2D eigenvalue weighted by atomic mass is 16.6. The Hall–Kier alpha value is -4.71. The molecule has 0 aliphatic heterocycles. The highest BCUT2D eigenvalue weighted by molar-refractivity contribution is 5.98. The summed E-state index contributed by atoms with van der Waals surface area (Å²) in [6.07, 6.45) is 2.04. The molecule has 6 heteroatoms. The summed E-state index contributed by atoms with van der Waals surface area (Å²) in [5.74, 6) is -0.188. The Balaban J connectivity index is 1.27. The molecule has 5 aromatic rings. The van der Waals surface area contributed by atoms with Gasteiger partial charge in [-0.05, 0) is 60.4 Å². The van der Waals surface area contributed by atoms with E-state index in [2.05, 4.69) is 65.3 Å². The van der Waals surface area contributed by atoms with Crippen LogP contribution in [-0.2, 0) is 6.54 Å². The fourth-order valence-corrected chi connectivity index (χ4v) is 4.47. The fourth-order valence-electron chi connectivity index (χ4n) is 4.47. The maximum atomic E-state index is 12.9. The van der Waals surface area contributed by atoms with Crippen molar-refractivity contribution >= 4 is 22.5 Å². The molecule has 6 nitrogen and oxygen atoms in total. The number of fused-ring (bicyclic) bond motifs is 1. The van der Waals surface area contributed by atoms with Gasteiger partial charge in [0.05, 0.1) is 11.0 Å². The molecule has 37 heavy (non-hydrogen) atoms. The zero-order valence-electron chi connectivity index (χ0n) is 20.7. The molecular formula is C31H27N3O3. The molecule has 0 unspecified atom stereocenters. The number of aromatic nitrogens is 1. The number of non-ortho nitro benzene ring substituents is 1. The number of carbonyl (C=O) groups excluding carboxylic acids is 1. The lowest BCUT2D eigenvalue weighted by Gasteiger charge is -2.14. The van der Waals surface area contributed by atoms with Gasteiger partial charge < -0.3 is 9.88 Å². The van der Waals surface area contributed by atoms with Crippen molar-refractivity contribution in [2.75, 3.05) is 0 Å². The average Bonchev–Trinajstić information content (AvgIpc) is 3.31. The van der Waals surface area contributed by atoms with Crippen LogP contribution in [0.1, 0.15) is 40.0 Å². The standard InChI is InChI=1S/C31H27N3O3/c1-21-3-7-25(8-4-21)26-9-5-23(6-10-26)20-33-18-17-27-19-28(13-16-30(27)33)31(35)32-22(2)24-11-14-29(15-12-24)34(36)37/h3-19,22H,20H2,1-2H3,(H,32,35)/t22-/m0/s1. The van der Waals surface area contributed by atoms with Crippen molar-refractivity contribution in [1.82, 2.24) is 9.88 Å². The molecule has 0 bridgehead atoms. The first-order valence-electron chi connectivity index (χ1n) is 12.2. The summed E-state index contributed by atoms with van der Waals surface area (Å²) < 4.78 is 2.18. The minimum atomic E-state index is -0.436. The van der Waals surface area contributed by atoms with Gasteiger partial charge in [0.15, 0.2) is 0 Å². The molecule has 1 heterocycles. The second-order valence-electron chi connectivity index (χ2n) is 9.32. The van der Waals surface area contributed by atoms with Crippen LogP contribution in [0.3, 0.4) is 0 Å². The Kier molecular flexibility index (Phi) is 6.56. The van der Waals surface area contributed by atoms with Gasteiger partial charge in [-0.1, -0.05) is 66.2 Å². The average molecular weight is 490 g/mol. The number of amides is 1. The van der Waals surface area contributed by atoms with Crippen molar-refractivity contribution in [3.8, 4) is 11.1 Å². The molecule has 0 fully saturated rings. The number of hydrogen-bond acceptors (Lipinski definition) is 3. The second kappa shape index (κ2) is 10.1. The first-order valence-corrected chi connectivity index (χ1v) is 12.2. The molecule has 4 aromatic carbocycles. The summed E-state index contributed by atoms with van der Waals surface area (Å²) in [5.41, 5.74) is 7.31. The minimum absolute atomic E-state index is 0.0273. The SMILES string of the molecule is Cc1ccc(-c2ccc(Cn3ccc4cc(C(=O)N[C@@H](C)c5ccc([N+](=O)[O-])cc5)ccc43)cc2)cc1. The number of rotatable bonds is 7. The summed E-state index contributed by atoms with van der Waals surface area (Å²) in [6, 6.07) is 30.8. The van der Waals surface area contributed by atoms with Crippen molar-refractivity contribution in [2.45, 2.75) is 26.4 Å². The maximum Gasteiger partial charge on any atom is 0.269 e. The van der Waals surface area contributed by atoms with Gasteiger partial charge in [0.25, 0.3) is 11.6 Å². The van der Waals surface area contributed by atoms with Crippen molar-refractivity contribution in [3.05, 3.63) is 136 Å². The zero-order chi connectivity index (χ0) is 25.9. The number of nitrogens with zero attached hydrogens (tertiary/aromatic N) is 2. The molecule has 0 saturated heterocycles. The van der Waals surface area contributed by atoms with Gasteiger partial charge in [-0.2, -0.15) is 0 Å². The van der Waals surface area contributed by atoms with E-state index in [1.54, 1.807) is 12.1 Å². The third-order valence-electron chi connectivity index (χ3n) is 6.68. The number of nitrogens with one attached hydrogen (secondary N) is 1. The third-order valence-corrected chi connectivity index (χ3v) is 6.68. The minimum Gasteiger partial charge on any atom is -0.346 e. The molecular weight excluding hydrogens is 462 g/mol. The predicted molar refractivity (Wildman–Crippen MR) is 147 cm³/mol. The Labute approximate surface area is 215 Å². The van der Waals surface area contributed by atoms with Gasteiger partial charge in [-0.25, -0.2) is 0 Å². The second-order valence-corrected chi connectivity index (χ2v) is 9.32. The van der Waals surface area contributed by atoms with Crippen LogP contribution in [0.15, 0.2) is 103 Å². The van der Waals surface area contributed by atoms with Crippen LogP contribution in [0.2, 0.25) is 0 Å². The number of benzene rings is 4. The first-order chi connectivity index (χ1) is 17.9. The lowest BCUT2D eigenvalue weighted by atomic mass is 10.0.